The van der Waals surface area contributed by atoms with E-state index in [0.717, 1.165) is 50.5 Å². The van der Waals surface area contributed by atoms with Crippen molar-refractivity contribution < 1.29 is 19.0 Å². The van der Waals surface area contributed by atoms with Crippen LogP contribution in [0.3, 0.4) is 0 Å². The van der Waals surface area contributed by atoms with E-state index in [4.69, 9.17) is 14.2 Å². The maximum Gasteiger partial charge on any atom is 0.231 e. The van der Waals surface area contributed by atoms with Crippen LogP contribution in [0, 0.1) is 0 Å². The lowest BCUT2D eigenvalue weighted by atomic mass is 10.0. The van der Waals surface area contributed by atoms with Crippen LogP contribution in [0.1, 0.15) is 50.1 Å². The fraction of sp³-hybridized carbons (Fsp3) is 0.650. The Kier molecular flexibility index (Phi) is 5.60. The van der Waals surface area contributed by atoms with E-state index >= 15 is 0 Å². The Balaban J connectivity index is 1.39. The predicted molar refractivity (Wildman–Crippen MR) is 97.3 cm³/mol. The van der Waals surface area contributed by atoms with Gasteiger partial charge in [0, 0.05) is 13.2 Å². The Labute approximate surface area is 154 Å². The molecular formula is C20H28N2O4. The van der Waals surface area contributed by atoms with E-state index in [9.17, 15) is 4.79 Å². The first-order chi connectivity index (χ1) is 12.8. The van der Waals surface area contributed by atoms with Crippen LogP contribution < -0.4 is 14.8 Å². The molecule has 2 atom stereocenters. The highest BCUT2D eigenvalue weighted by Gasteiger charge is 2.26. The van der Waals surface area contributed by atoms with Crippen molar-refractivity contribution in [1.82, 2.24) is 10.2 Å². The average molecular weight is 360 g/mol. The highest BCUT2D eigenvalue weighted by Crippen LogP contribution is 2.36. The first-order valence-corrected chi connectivity index (χ1v) is 9.81. The number of nitrogens with one attached hydrogen (secondary N) is 1. The molecule has 0 spiro atoms. The minimum atomic E-state index is 0.0829. The lowest BCUT2D eigenvalue weighted by Crippen LogP contribution is -2.38. The molecule has 6 nitrogen and oxygen atoms in total. The zero-order valence-corrected chi connectivity index (χ0v) is 15.2. The summed E-state index contributed by atoms with van der Waals surface area (Å²) in [6, 6.07) is 6.29. The molecular weight excluding hydrogens is 332 g/mol. The van der Waals surface area contributed by atoms with Gasteiger partial charge < -0.3 is 19.5 Å². The number of likely N-dealkylation sites (tertiary alicyclic amines) is 1. The van der Waals surface area contributed by atoms with Crippen LogP contribution in [-0.4, -0.2) is 49.9 Å². The van der Waals surface area contributed by atoms with E-state index in [-0.39, 0.29) is 24.8 Å². The summed E-state index contributed by atoms with van der Waals surface area (Å²) in [7, 11) is 0. The molecule has 142 valence electrons. The summed E-state index contributed by atoms with van der Waals surface area (Å²) >= 11 is 0. The third kappa shape index (κ3) is 4.13. The first kappa shape index (κ1) is 17.6. The molecule has 1 aromatic carbocycles. The molecule has 1 amide bonds. The largest absolute Gasteiger partial charge is 0.454 e. The average Bonchev–Trinajstić information content (AvgIpc) is 3.34. The number of rotatable bonds is 6. The third-order valence-corrected chi connectivity index (χ3v) is 5.54. The van der Waals surface area contributed by atoms with Gasteiger partial charge in [-0.25, -0.2) is 0 Å². The number of nitrogens with zero attached hydrogens (tertiary/aromatic N) is 1. The Morgan fingerprint density at radius 3 is 2.81 bits per heavy atom. The summed E-state index contributed by atoms with van der Waals surface area (Å²) in [5.41, 5.74) is 1.17. The molecule has 3 heterocycles. The number of carbonyl (C=O) groups excluding carboxylic acids is 1. The van der Waals surface area contributed by atoms with Gasteiger partial charge in [0.05, 0.1) is 18.6 Å². The topological polar surface area (TPSA) is 60.0 Å². The molecule has 3 aliphatic rings. The number of ether oxygens (including phenoxy) is 3. The Bertz CT molecular complexity index is 624. The second-order valence-electron chi connectivity index (χ2n) is 7.37. The van der Waals surface area contributed by atoms with Gasteiger partial charge in [-0.15, -0.1) is 0 Å². The Morgan fingerprint density at radius 2 is 2.00 bits per heavy atom. The molecule has 1 aromatic rings. The second-order valence-corrected chi connectivity index (χ2v) is 7.37. The molecule has 0 saturated carbocycles. The van der Waals surface area contributed by atoms with E-state index in [1.807, 2.05) is 6.07 Å². The molecule has 2 fully saturated rings. The van der Waals surface area contributed by atoms with Gasteiger partial charge in [0.15, 0.2) is 11.5 Å². The lowest BCUT2D eigenvalue weighted by Gasteiger charge is -2.29. The van der Waals surface area contributed by atoms with Gasteiger partial charge in [-0.05, 0) is 62.9 Å². The van der Waals surface area contributed by atoms with Crippen LogP contribution in [-0.2, 0) is 9.53 Å². The Hall–Kier alpha value is -1.79. The summed E-state index contributed by atoms with van der Waals surface area (Å²) in [4.78, 5) is 14.8. The van der Waals surface area contributed by atoms with Crippen LogP contribution in [0.2, 0.25) is 0 Å². The fourth-order valence-electron chi connectivity index (χ4n) is 4.09. The smallest absolute Gasteiger partial charge is 0.231 e. The monoisotopic (exact) mass is 360 g/mol. The number of carbonyl (C=O) groups is 1. The number of fused-ring (bicyclic) bond motifs is 1. The van der Waals surface area contributed by atoms with Crippen LogP contribution >= 0.6 is 0 Å². The van der Waals surface area contributed by atoms with Crippen LogP contribution in [0.15, 0.2) is 18.2 Å². The van der Waals surface area contributed by atoms with Gasteiger partial charge in [0.1, 0.15) is 0 Å². The van der Waals surface area contributed by atoms with Crippen molar-refractivity contribution in [3.63, 3.8) is 0 Å². The lowest BCUT2D eigenvalue weighted by molar-refractivity contribution is -0.125. The predicted octanol–water partition coefficient (Wildman–Crippen LogP) is 2.63. The van der Waals surface area contributed by atoms with E-state index < -0.39 is 0 Å². The number of amides is 1. The van der Waals surface area contributed by atoms with Crippen molar-refractivity contribution in [3.8, 4) is 11.5 Å². The van der Waals surface area contributed by atoms with Crippen molar-refractivity contribution in [3.05, 3.63) is 23.8 Å². The SMILES string of the molecule is O=C(CC1CCCCO1)NCC(c1ccc2c(c1)OCO2)N1CCCC1. The van der Waals surface area contributed by atoms with Gasteiger partial charge in [-0.1, -0.05) is 6.07 Å². The highest BCUT2D eigenvalue weighted by molar-refractivity contribution is 5.76. The third-order valence-electron chi connectivity index (χ3n) is 5.54. The number of hydrogen-bond donors (Lipinski definition) is 1. The summed E-state index contributed by atoms with van der Waals surface area (Å²) < 4.78 is 16.6. The molecule has 0 aliphatic carbocycles. The van der Waals surface area contributed by atoms with Crippen molar-refractivity contribution in [1.29, 1.82) is 0 Å². The van der Waals surface area contributed by atoms with E-state index in [1.165, 1.54) is 18.4 Å². The molecule has 26 heavy (non-hydrogen) atoms. The number of benzene rings is 1. The summed E-state index contributed by atoms with van der Waals surface area (Å²) in [5, 5.41) is 3.14. The van der Waals surface area contributed by atoms with Gasteiger partial charge in [-0.2, -0.15) is 0 Å². The van der Waals surface area contributed by atoms with E-state index in [0.29, 0.717) is 13.0 Å². The molecule has 2 saturated heterocycles. The quantitative estimate of drug-likeness (QED) is 0.845. The minimum absolute atomic E-state index is 0.0829. The normalized spacial score (nSPS) is 23.8. The molecule has 4 rings (SSSR count). The summed E-state index contributed by atoms with van der Waals surface area (Å²) in [6.07, 6.45) is 6.24. The summed E-state index contributed by atoms with van der Waals surface area (Å²) in [6.45, 7) is 3.82. The van der Waals surface area contributed by atoms with Gasteiger partial charge in [0.25, 0.3) is 0 Å². The van der Waals surface area contributed by atoms with Gasteiger partial charge in [-0.3, -0.25) is 9.69 Å². The maximum atomic E-state index is 12.4. The number of hydrogen-bond acceptors (Lipinski definition) is 5. The summed E-state index contributed by atoms with van der Waals surface area (Å²) in [5.74, 6) is 1.68. The second kappa shape index (κ2) is 8.27. The Morgan fingerprint density at radius 1 is 1.15 bits per heavy atom. The zero-order valence-electron chi connectivity index (χ0n) is 15.2. The maximum absolute atomic E-state index is 12.4. The zero-order chi connectivity index (χ0) is 17.8. The van der Waals surface area contributed by atoms with E-state index in [2.05, 4.69) is 22.3 Å². The highest BCUT2D eigenvalue weighted by atomic mass is 16.7. The molecule has 3 aliphatic heterocycles. The minimum Gasteiger partial charge on any atom is -0.454 e. The van der Waals surface area contributed by atoms with Crippen molar-refractivity contribution in [2.75, 3.05) is 33.0 Å². The van der Waals surface area contributed by atoms with Gasteiger partial charge in [0.2, 0.25) is 12.7 Å². The standard InChI is InChI=1S/C20H28N2O4/c23-20(12-16-5-1-4-10-24-16)21-13-17(22-8-2-3-9-22)15-6-7-18-19(11-15)26-14-25-18/h6-7,11,16-17H,1-5,8-10,12-14H2,(H,21,23). The van der Waals surface area contributed by atoms with Crippen LogP contribution in [0.25, 0.3) is 0 Å². The molecule has 0 bridgehead atoms. The van der Waals surface area contributed by atoms with Crippen molar-refractivity contribution in [2.24, 2.45) is 0 Å². The molecule has 6 heteroatoms. The molecule has 1 N–H and O–H groups in total. The van der Waals surface area contributed by atoms with Crippen molar-refractivity contribution in [2.45, 2.75) is 50.7 Å². The first-order valence-electron chi connectivity index (χ1n) is 9.81. The van der Waals surface area contributed by atoms with Crippen LogP contribution in [0.5, 0.6) is 11.5 Å². The fourth-order valence-corrected chi connectivity index (χ4v) is 4.09. The molecule has 0 aromatic heterocycles. The van der Waals surface area contributed by atoms with E-state index in [1.54, 1.807) is 0 Å². The molecule has 2 unspecified atom stereocenters. The van der Waals surface area contributed by atoms with Crippen LogP contribution in [0.4, 0.5) is 0 Å². The van der Waals surface area contributed by atoms with Gasteiger partial charge >= 0.3 is 0 Å². The van der Waals surface area contributed by atoms with Crippen molar-refractivity contribution >= 4 is 5.91 Å². The molecule has 0 radical (unpaired) electrons.